The lowest BCUT2D eigenvalue weighted by molar-refractivity contribution is 0.445. The first-order valence-electron chi connectivity index (χ1n) is 10.5. The Hall–Kier alpha value is -0.613. The molecule has 144 valence electrons. The fourth-order valence-corrected chi connectivity index (χ4v) is 12.8. The Morgan fingerprint density at radius 3 is 2.08 bits per heavy atom. The van der Waals surface area contributed by atoms with E-state index in [-0.39, 0.29) is 0 Å². The molecule has 1 fully saturated rings. The minimum atomic E-state index is -1.80. The van der Waals surface area contributed by atoms with Crippen molar-refractivity contribution in [3.8, 4) is 0 Å². The summed E-state index contributed by atoms with van der Waals surface area (Å²) in [4.78, 5) is 5.02. The molecule has 1 aliphatic carbocycles. The van der Waals surface area contributed by atoms with Crippen LogP contribution in [0.5, 0.6) is 0 Å². The van der Waals surface area contributed by atoms with Crippen molar-refractivity contribution in [3.05, 3.63) is 28.5 Å². The van der Waals surface area contributed by atoms with Gasteiger partial charge in [-0.1, -0.05) is 60.8 Å². The van der Waals surface area contributed by atoms with Crippen molar-refractivity contribution >= 4 is 35.2 Å². The van der Waals surface area contributed by atoms with Gasteiger partial charge in [0.2, 0.25) is 0 Å². The van der Waals surface area contributed by atoms with Gasteiger partial charge in [-0.3, -0.25) is 0 Å². The molecule has 0 unspecified atom stereocenters. The number of fused-ring (bicyclic) bond motifs is 1. The first-order chi connectivity index (χ1) is 12.3. The van der Waals surface area contributed by atoms with Crippen LogP contribution in [0.2, 0.25) is 16.6 Å². The van der Waals surface area contributed by atoms with Gasteiger partial charge in [-0.05, 0) is 69.0 Å². The molecule has 26 heavy (non-hydrogen) atoms. The third-order valence-electron chi connectivity index (χ3n) is 6.89. The van der Waals surface area contributed by atoms with Crippen LogP contribution in [-0.2, 0) is 0 Å². The van der Waals surface area contributed by atoms with E-state index < -0.39 is 8.24 Å². The summed E-state index contributed by atoms with van der Waals surface area (Å²) in [5.74, 6) is 0.716. The number of hydrogen-bond donors (Lipinski definition) is 0. The minimum Gasteiger partial charge on any atom is -0.358 e. The monoisotopic (exact) mass is 434 g/mol. The van der Waals surface area contributed by atoms with Crippen molar-refractivity contribution in [2.24, 2.45) is 0 Å². The van der Waals surface area contributed by atoms with Gasteiger partial charge >= 0.3 is 0 Å². The summed E-state index contributed by atoms with van der Waals surface area (Å²) >= 11 is 3.64. The lowest BCUT2D eigenvalue weighted by atomic mass is 9.84. The number of hydrogen-bond acceptors (Lipinski definition) is 1. The molecule has 1 aliphatic rings. The van der Waals surface area contributed by atoms with E-state index >= 15 is 0 Å². The normalized spacial score (nSPS) is 17.2. The minimum absolute atomic E-state index is 0.679. The molecule has 0 bridgehead atoms. The predicted octanol–water partition coefficient (Wildman–Crippen LogP) is 7.87. The lowest BCUT2D eigenvalue weighted by Gasteiger charge is -2.44. The van der Waals surface area contributed by atoms with Crippen LogP contribution in [0.1, 0.15) is 85.1 Å². The largest absolute Gasteiger partial charge is 0.358 e. The van der Waals surface area contributed by atoms with Gasteiger partial charge in [0.05, 0.1) is 0 Å². The molecule has 2 aromatic rings. The topological polar surface area (TPSA) is 17.8 Å². The van der Waals surface area contributed by atoms with Crippen LogP contribution in [0.25, 0.3) is 11.0 Å². The molecule has 4 heteroatoms. The number of pyridine rings is 1. The van der Waals surface area contributed by atoms with Gasteiger partial charge in [-0.15, -0.1) is 0 Å². The number of nitrogens with zero attached hydrogens (tertiary/aromatic N) is 2. The van der Waals surface area contributed by atoms with Gasteiger partial charge in [-0.25, -0.2) is 4.98 Å². The Bertz CT molecular complexity index is 735. The second-order valence-electron chi connectivity index (χ2n) is 9.15. The second-order valence-corrected chi connectivity index (χ2v) is 15.7. The van der Waals surface area contributed by atoms with E-state index in [1.54, 1.807) is 5.56 Å². The molecule has 0 saturated heterocycles. The fraction of sp³-hybridized carbons (Fsp3) is 0.682. The van der Waals surface area contributed by atoms with E-state index in [4.69, 9.17) is 4.98 Å². The number of aromatic nitrogens is 2. The maximum Gasteiger partial charge on any atom is 0.171 e. The molecule has 0 radical (unpaired) electrons. The maximum absolute atomic E-state index is 5.02. The zero-order chi connectivity index (χ0) is 19.1. The molecule has 0 spiro atoms. The van der Waals surface area contributed by atoms with Gasteiger partial charge < -0.3 is 4.23 Å². The Morgan fingerprint density at radius 1 is 0.962 bits per heavy atom. The first-order valence-corrected chi connectivity index (χ1v) is 13.4. The summed E-state index contributed by atoms with van der Waals surface area (Å²) < 4.78 is 3.66. The van der Waals surface area contributed by atoms with Gasteiger partial charge in [0, 0.05) is 11.6 Å². The first kappa shape index (κ1) is 20.1. The Morgan fingerprint density at radius 2 is 1.54 bits per heavy atom. The van der Waals surface area contributed by atoms with Crippen LogP contribution in [-0.4, -0.2) is 17.5 Å². The molecular formula is C22H35BrN2Si. The lowest BCUT2D eigenvalue weighted by Crippen LogP contribution is -2.51. The molecule has 0 atom stereocenters. The Kier molecular flexibility index (Phi) is 6.03. The van der Waals surface area contributed by atoms with Crippen LogP contribution in [0.4, 0.5) is 0 Å². The van der Waals surface area contributed by atoms with Gasteiger partial charge in [0.25, 0.3) is 0 Å². The van der Waals surface area contributed by atoms with Crippen molar-refractivity contribution in [2.45, 2.75) is 96.2 Å². The van der Waals surface area contributed by atoms with Crippen LogP contribution < -0.4 is 0 Å². The summed E-state index contributed by atoms with van der Waals surface area (Å²) in [7, 11) is -1.80. The molecule has 2 aromatic heterocycles. The summed E-state index contributed by atoms with van der Waals surface area (Å²) in [5, 5.41) is 1.40. The average Bonchev–Trinajstić information content (AvgIpc) is 2.94. The number of halogens is 1. The highest BCUT2D eigenvalue weighted by Gasteiger charge is 2.46. The Labute approximate surface area is 169 Å². The van der Waals surface area contributed by atoms with Crippen molar-refractivity contribution in [2.75, 3.05) is 0 Å². The molecular weight excluding hydrogens is 400 g/mol. The summed E-state index contributed by atoms with van der Waals surface area (Å²) in [6.45, 7) is 14.6. The molecule has 1 saturated carbocycles. The van der Waals surface area contributed by atoms with E-state index in [0.29, 0.717) is 22.5 Å². The Balaban J connectivity index is 2.29. The van der Waals surface area contributed by atoms with Gasteiger partial charge in [0.1, 0.15) is 10.3 Å². The molecule has 0 N–H and O–H groups in total. The molecule has 2 nitrogen and oxygen atoms in total. The average molecular weight is 436 g/mol. The molecule has 3 rings (SSSR count). The van der Waals surface area contributed by atoms with E-state index in [0.717, 1.165) is 4.60 Å². The van der Waals surface area contributed by atoms with Gasteiger partial charge in [0.15, 0.2) is 8.24 Å². The molecule has 0 amide bonds. The highest BCUT2D eigenvalue weighted by Crippen LogP contribution is 2.46. The third kappa shape index (κ3) is 3.21. The van der Waals surface area contributed by atoms with Crippen LogP contribution in [0, 0.1) is 0 Å². The zero-order valence-corrected chi connectivity index (χ0v) is 19.9. The highest BCUT2D eigenvalue weighted by atomic mass is 79.9. The SMILES string of the molecule is CC(C)[Si](C(C)C)(C(C)C)n1cc(C2CCCCC2)c2ccc(Br)nc21. The predicted molar refractivity (Wildman–Crippen MR) is 120 cm³/mol. The van der Waals surface area contributed by atoms with Crippen LogP contribution in [0.15, 0.2) is 22.9 Å². The van der Waals surface area contributed by atoms with E-state index in [9.17, 15) is 0 Å². The van der Waals surface area contributed by atoms with Crippen LogP contribution in [0.3, 0.4) is 0 Å². The number of rotatable bonds is 5. The van der Waals surface area contributed by atoms with E-state index in [1.807, 2.05) is 0 Å². The maximum atomic E-state index is 5.02. The standard InChI is InChI=1S/C22H35BrN2Si/c1-15(2)26(16(3)4,17(5)6)25-14-20(18-10-8-7-9-11-18)19-12-13-21(23)24-22(19)25/h12-18H,7-11H2,1-6H3. The molecule has 0 aromatic carbocycles. The summed E-state index contributed by atoms with van der Waals surface area (Å²) in [6.07, 6.45) is 9.39. The third-order valence-corrected chi connectivity index (χ3v) is 14.1. The van der Waals surface area contributed by atoms with E-state index in [1.165, 1.54) is 43.1 Å². The van der Waals surface area contributed by atoms with Gasteiger partial charge in [-0.2, -0.15) is 0 Å². The second kappa shape index (κ2) is 7.79. The van der Waals surface area contributed by atoms with Crippen molar-refractivity contribution < 1.29 is 0 Å². The van der Waals surface area contributed by atoms with Crippen molar-refractivity contribution in [1.29, 1.82) is 0 Å². The van der Waals surface area contributed by atoms with Crippen LogP contribution >= 0.6 is 15.9 Å². The van der Waals surface area contributed by atoms with Crippen molar-refractivity contribution in [3.63, 3.8) is 0 Å². The quantitative estimate of drug-likeness (QED) is 0.345. The highest BCUT2D eigenvalue weighted by molar-refractivity contribution is 9.10. The zero-order valence-electron chi connectivity index (χ0n) is 17.3. The fourth-order valence-electron chi connectivity index (χ4n) is 5.97. The molecule has 2 heterocycles. The van der Waals surface area contributed by atoms with Crippen molar-refractivity contribution in [1.82, 2.24) is 9.22 Å². The summed E-state index contributed by atoms with van der Waals surface area (Å²) in [5.41, 5.74) is 4.83. The smallest absolute Gasteiger partial charge is 0.171 e. The molecule has 0 aliphatic heterocycles. The van der Waals surface area contributed by atoms with E-state index in [2.05, 4.69) is 80.0 Å². The summed E-state index contributed by atoms with van der Waals surface area (Å²) in [6, 6.07) is 4.44.